The summed E-state index contributed by atoms with van der Waals surface area (Å²) in [5.74, 6) is -0.600. The zero-order chi connectivity index (χ0) is 12.8. The smallest absolute Gasteiger partial charge is 0.278 e. The van der Waals surface area contributed by atoms with Crippen molar-refractivity contribution in [1.29, 1.82) is 0 Å². The molecule has 2 rings (SSSR count). The molecule has 0 saturated carbocycles. The normalized spacial score (nSPS) is 10.4. The van der Waals surface area contributed by atoms with E-state index in [9.17, 15) is 9.59 Å². The first-order valence-electron chi connectivity index (χ1n) is 5.18. The Labute approximate surface area is 102 Å². The first-order valence-corrected chi connectivity index (χ1v) is 5.18. The Morgan fingerprint density at radius 2 is 2.11 bits per heavy atom. The molecule has 0 aliphatic heterocycles. The minimum absolute atomic E-state index is 0.0808. The fraction of sp³-hybridized carbons (Fsp3) is 0. The van der Waals surface area contributed by atoms with Crippen LogP contribution in [-0.2, 0) is 0 Å². The van der Waals surface area contributed by atoms with Crippen LogP contribution in [0.2, 0.25) is 0 Å². The van der Waals surface area contributed by atoms with Crippen LogP contribution >= 0.6 is 0 Å². The van der Waals surface area contributed by atoms with Gasteiger partial charge in [-0.2, -0.15) is 5.10 Å². The second kappa shape index (κ2) is 5.53. The maximum Gasteiger partial charge on any atom is 0.278 e. The molecule has 90 valence electrons. The number of benzene rings is 1. The molecule has 0 atom stereocenters. The number of rotatable bonds is 3. The van der Waals surface area contributed by atoms with Crippen LogP contribution in [-0.4, -0.2) is 22.1 Å². The molecule has 0 radical (unpaired) electrons. The molecular formula is C12H10N4O2. The molecule has 2 aromatic rings. The zero-order valence-electron chi connectivity index (χ0n) is 9.33. The fourth-order valence-corrected chi connectivity index (χ4v) is 1.27. The number of nitrogens with zero attached hydrogens (tertiary/aromatic N) is 2. The minimum Gasteiger partial charge on any atom is -0.312 e. The minimum atomic E-state index is -0.600. The fourth-order valence-electron chi connectivity index (χ4n) is 1.27. The summed E-state index contributed by atoms with van der Waals surface area (Å²) >= 11 is 0. The lowest BCUT2D eigenvalue weighted by molar-refractivity contribution is 0.0953. The van der Waals surface area contributed by atoms with Gasteiger partial charge in [-0.1, -0.05) is 30.3 Å². The van der Waals surface area contributed by atoms with Crippen LogP contribution in [0.1, 0.15) is 15.9 Å². The highest BCUT2D eigenvalue weighted by molar-refractivity contribution is 5.94. The molecule has 0 spiro atoms. The summed E-state index contributed by atoms with van der Waals surface area (Å²) in [5, 5.41) is 3.75. The first kappa shape index (κ1) is 11.7. The predicted molar refractivity (Wildman–Crippen MR) is 66.4 cm³/mol. The van der Waals surface area contributed by atoms with Crippen molar-refractivity contribution >= 4 is 12.1 Å². The van der Waals surface area contributed by atoms with E-state index in [-0.39, 0.29) is 5.56 Å². The van der Waals surface area contributed by atoms with E-state index in [1.165, 1.54) is 18.7 Å². The molecule has 6 nitrogen and oxygen atoms in total. The number of aromatic amines is 1. The van der Waals surface area contributed by atoms with Crippen LogP contribution in [0.5, 0.6) is 0 Å². The Morgan fingerprint density at radius 3 is 2.83 bits per heavy atom. The highest BCUT2D eigenvalue weighted by Gasteiger charge is 2.08. The predicted octanol–water partition coefficient (Wildman–Crippen LogP) is 0.534. The van der Waals surface area contributed by atoms with Crippen molar-refractivity contribution in [3.8, 4) is 0 Å². The van der Waals surface area contributed by atoms with E-state index in [1.54, 1.807) is 0 Å². The van der Waals surface area contributed by atoms with E-state index in [4.69, 9.17) is 0 Å². The number of hydrogen-bond acceptors (Lipinski definition) is 4. The lowest BCUT2D eigenvalue weighted by atomic mass is 10.2. The van der Waals surface area contributed by atoms with Gasteiger partial charge in [-0.05, 0) is 5.56 Å². The van der Waals surface area contributed by atoms with Gasteiger partial charge in [0, 0.05) is 6.20 Å². The average molecular weight is 242 g/mol. The SMILES string of the molecule is O=C(N/N=C/c1ccccc1)c1cnc[nH]c1=O. The molecule has 0 fully saturated rings. The average Bonchev–Trinajstić information content (AvgIpc) is 2.40. The number of aromatic nitrogens is 2. The molecule has 2 N–H and O–H groups in total. The second-order valence-electron chi connectivity index (χ2n) is 3.40. The number of carbonyl (C=O) groups excluding carboxylic acids is 1. The molecular weight excluding hydrogens is 232 g/mol. The van der Waals surface area contributed by atoms with Crippen molar-refractivity contribution in [2.75, 3.05) is 0 Å². The highest BCUT2D eigenvalue weighted by atomic mass is 16.2. The molecule has 0 aliphatic rings. The first-order chi connectivity index (χ1) is 8.77. The van der Waals surface area contributed by atoms with Crippen LogP contribution in [0.3, 0.4) is 0 Å². The summed E-state index contributed by atoms with van der Waals surface area (Å²) in [4.78, 5) is 28.8. The molecule has 1 heterocycles. The van der Waals surface area contributed by atoms with Crippen molar-refractivity contribution in [2.45, 2.75) is 0 Å². The Kier molecular flexibility index (Phi) is 3.60. The van der Waals surface area contributed by atoms with Crippen LogP contribution in [0.25, 0.3) is 0 Å². The highest BCUT2D eigenvalue weighted by Crippen LogP contribution is 1.93. The maximum absolute atomic E-state index is 11.6. The molecule has 1 aromatic heterocycles. The third-order valence-electron chi connectivity index (χ3n) is 2.14. The van der Waals surface area contributed by atoms with Crippen LogP contribution in [0, 0.1) is 0 Å². The number of hydrogen-bond donors (Lipinski definition) is 2. The van der Waals surface area contributed by atoms with Crippen molar-refractivity contribution in [2.24, 2.45) is 5.10 Å². The van der Waals surface area contributed by atoms with Gasteiger partial charge in [-0.15, -0.1) is 0 Å². The lowest BCUT2D eigenvalue weighted by Crippen LogP contribution is -2.26. The van der Waals surface area contributed by atoms with Gasteiger partial charge in [-0.3, -0.25) is 9.59 Å². The third-order valence-corrected chi connectivity index (χ3v) is 2.14. The number of H-pyrrole nitrogens is 1. The Hall–Kier alpha value is -2.76. The van der Waals surface area contributed by atoms with Crippen molar-refractivity contribution < 1.29 is 4.79 Å². The Morgan fingerprint density at radius 1 is 1.33 bits per heavy atom. The lowest BCUT2D eigenvalue weighted by Gasteiger charge is -1.97. The summed E-state index contributed by atoms with van der Waals surface area (Å²) in [5.41, 5.74) is 2.52. The molecule has 1 amide bonds. The van der Waals surface area contributed by atoms with Gasteiger partial charge in [0.2, 0.25) is 0 Å². The number of carbonyl (C=O) groups is 1. The quantitative estimate of drug-likeness (QED) is 0.608. The Bertz CT molecular complexity index is 619. The van der Waals surface area contributed by atoms with Crippen molar-refractivity contribution in [1.82, 2.24) is 15.4 Å². The van der Waals surface area contributed by atoms with Gasteiger partial charge < -0.3 is 4.98 Å². The van der Waals surface area contributed by atoms with Gasteiger partial charge >= 0.3 is 0 Å². The molecule has 0 saturated heterocycles. The molecule has 0 unspecified atom stereocenters. The number of nitrogens with one attached hydrogen (secondary N) is 2. The summed E-state index contributed by atoms with van der Waals surface area (Å²) in [6.07, 6.45) is 3.89. The Balaban J connectivity index is 2.04. The maximum atomic E-state index is 11.6. The molecule has 1 aromatic carbocycles. The van der Waals surface area contributed by atoms with Crippen LogP contribution in [0.4, 0.5) is 0 Å². The van der Waals surface area contributed by atoms with E-state index >= 15 is 0 Å². The van der Waals surface area contributed by atoms with Gasteiger partial charge in [0.1, 0.15) is 5.56 Å². The van der Waals surface area contributed by atoms with Gasteiger partial charge in [0.25, 0.3) is 11.5 Å². The summed E-state index contributed by atoms with van der Waals surface area (Å²) in [6, 6.07) is 9.27. The third kappa shape index (κ3) is 2.88. The van der Waals surface area contributed by atoms with Gasteiger partial charge in [0.15, 0.2) is 0 Å². The van der Waals surface area contributed by atoms with E-state index in [0.29, 0.717) is 0 Å². The summed E-state index contributed by atoms with van der Waals surface area (Å²) < 4.78 is 0. The topological polar surface area (TPSA) is 87.2 Å². The molecule has 0 aliphatic carbocycles. The zero-order valence-corrected chi connectivity index (χ0v) is 9.33. The standard InChI is InChI=1S/C12H10N4O2/c17-11-10(7-13-8-14-11)12(18)16-15-6-9-4-2-1-3-5-9/h1-8H,(H,16,18)(H,13,14,17)/b15-6+. The number of hydrazone groups is 1. The monoisotopic (exact) mass is 242 g/mol. The largest absolute Gasteiger partial charge is 0.312 e. The van der Waals surface area contributed by atoms with E-state index < -0.39 is 11.5 Å². The summed E-state index contributed by atoms with van der Waals surface area (Å²) in [6.45, 7) is 0. The van der Waals surface area contributed by atoms with Crippen molar-refractivity contribution in [3.05, 3.63) is 64.3 Å². The van der Waals surface area contributed by atoms with E-state index in [0.717, 1.165) is 5.56 Å². The molecule has 18 heavy (non-hydrogen) atoms. The second-order valence-corrected chi connectivity index (χ2v) is 3.40. The van der Waals surface area contributed by atoms with Crippen LogP contribution < -0.4 is 11.0 Å². The van der Waals surface area contributed by atoms with Crippen LogP contribution in [0.15, 0.2) is 52.8 Å². The summed E-state index contributed by atoms with van der Waals surface area (Å²) in [7, 11) is 0. The van der Waals surface area contributed by atoms with E-state index in [1.807, 2.05) is 30.3 Å². The number of amides is 1. The van der Waals surface area contributed by atoms with Gasteiger partial charge in [-0.25, -0.2) is 10.4 Å². The van der Waals surface area contributed by atoms with E-state index in [2.05, 4.69) is 20.5 Å². The molecule has 0 bridgehead atoms. The molecule has 6 heteroatoms. The van der Waals surface area contributed by atoms with Gasteiger partial charge in [0.05, 0.1) is 12.5 Å². The van der Waals surface area contributed by atoms with Crippen molar-refractivity contribution in [3.63, 3.8) is 0 Å².